The number of benzene rings is 2. The number of rotatable bonds is 10. The summed E-state index contributed by atoms with van der Waals surface area (Å²) < 4.78 is 16.1. The van der Waals surface area contributed by atoms with Crippen molar-refractivity contribution >= 4 is 30.1 Å². The number of hydrogen-bond donors (Lipinski definition) is 4. The van der Waals surface area contributed by atoms with Crippen LogP contribution in [0.3, 0.4) is 0 Å². The van der Waals surface area contributed by atoms with Crippen molar-refractivity contribution < 1.29 is 38.5 Å². The van der Waals surface area contributed by atoms with Crippen LogP contribution in [0.4, 0.5) is 4.79 Å². The molecule has 12 heteroatoms. The van der Waals surface area contributed by atoms with Gasteiger partial charge in [0, 0.05) is 5.70 Å². The number of aromatic carboxylic acids is 1. The first kappa shape index (κ1) is 26.7. The Bertz CT molecular complexity index is 1250. The molecule has 0 radical (unpaired) electrons. The number of allylic oxidation sites excluding steroid dienone is 1. The van der Waals surface area contributed by atoms with E-state index in [4.69, 9.17) is 19.3 Å². The number of carboxylic acid groups (broad SMARTS) is 1. The van der Waals surface area contributed by atoms with Gasteiger partial charge in [-0.2, -0.15) is 5.10 Å². The summed E-state index contributed by atoms with van der Waals surface area (Å²) in [5.41, 5.74) is 4.23. The number of methoxy groups -OCH3 is 1. The number of amides is 3. The van der Waals surface area contributed by atoms with E-state index in [1.165, 1.54) is 25.5 Å². The highest BCUT2D eigenvalue weighted by atomic mass is 16.5. The SMILES string of the molecule is CCOC(=O)C1=C(C)NC(=O)N[C@H]1c1ccc(OCC(=O)N/N=C\c2ccc(C(=O)O)cc2)c(OC)c1. The molecular weight excluding hydrogens is 484 g/mol. The van der Waals surface area contributed by atoms with Gasteiger partial charge in [0.2, 0.25) is 0 Å². The quantitative estimate of drug-likeness (QED) is 0.214. The lowest BCUT2D eigenvalue weighted by Gasteiger charge is -2.28. The Labute approximate surface area is 212 Å². The number of carboxylic acids is 1. The van der Waals surface area contributed by atoms with E-state index in [1.807, 2.05) is 0 Å². The number of carbonyl (C=O) groups excluding carboxylic acids is 3. The average molecular weight is 511 g/mol. The summed E-state index contributed by atoms with van der Waals surface area (Å²) in [4.78, 5) is 47.6. The maximum atomic E-state index is 12.5. The van der Waals surface area contributed by atoms with E-state index in [-0.39, 0.29) is 35.8 Å². The maximum Gasteiger partial charge on any atom is 0.338 e. The Balaban J connectivity index is 1.66. The van der Waals surface area contributed by atoms with Crippen LogP contribution in [0.25, 0.3) is 0 Å². The molecule has 0 aromatic heterocycles. The molecule has 0 unspecified atom stereocenters. The zero-order valence-electron chi connectivity index (χ0n) is 20.4. The standard InChI is InChI=1S/C25H26N4O8/c1-4-36-24(33)21-14(2)27-25(34)28-22(21)17-9-10-18(19(11-17)35-3)37-13-20(30)29-26-12-15-5-7-16(8-6-15)23(31)32/h5-12,22H,4,13H2,1-3H3,(H,29,30)(H,31,32)(H2,27,28,34)/b26-12-/t22-/m0/s1. The minimum atomic E-state index is -1.04. The summed E-state index contributed by atoms with van der Waals surface area (Å²) in [5.74, 6) is -1.61. The van der Waals surface area contributed by atoms with Crippen LogP contribution in [0.15, 0.2) is 58.8 Å². The van der Waals surface area contributed by atoms with Crippen LogP contribution in [0.1, 0.15) is 41.4 Å². The molecule has 3 amide bonds. The highest BCUT2D eigenvalue weighted by Gasteiger charge is 2.32. The lowest BCUT2D eigenvalue weighted by molar-refractivity contribution is -0.139. The van der Waals surface area contributed by atoms with Crippen molar-refractivity contribution in [2.24, 2.45) is 5.10 Å². The maximum absolute atomic E-state index is 12.5. The van der Waals surface area contributed by atoms with E-state index in [9.17, 15) is 19.2 Å². The molecule has 194 valence electrons. The zero-order chi connectivity index (χ0) is 26.9. The summed E-state index contributed by atoms with van der Waals surface area (Å²) in [6.07, 6.45) is 1.36. The summed E-state index contributed by atoms with van der Waals surface area (Å²) in [6.45, 7) is 3.10. The summed E-state index contributed by atoms with van der Waals surface area (Å²) >= 11 is 0. The number of carbonyl (C=O) groups is 4. The highest BCUT2D eigenvalue weighted by molar-refractivity contribution is 5.95. The topological polar surface area (TPSA) is 165 Å². The molecule has 2 aromatic rings. The van der Waals surface area contributed by atoms with Gasteiger partial charge in [0.15, 0.2) is 18.1 Å². The van der Waals surface area contributed by atoms with Crippen LogP contribution in [0.2, 0.25) is 0 Å². The summed E-state index contributed by atoms with van der Waals surface area (Å²) in [7, 11) is 1.42. The molecule has 2 aromatic carbocycles. The van der Waals surface area contributed by atoms with Gasteiger partial charge in [-0.3, -0.25) is 4.79 Å². The fourth-order valence-corrected chi connectivity index (χ4v) is 3.47. The average Bonchev–Trinajstić information content (AvgIpc) is 2.87. The number of hydrogen-bond acceptors (Lipinski definition) is 8. The van der Waals surface area contributed by atoms with Crippen molar-refractivity contribution in [2.45, 2.75) is 19.9 Å². The molecule has 4 N–H and O–H groups in total. The number of esters is 1. The van der Waals surface area contributed by atoms with Gasteiger partial charge >= 0.3 is 18.0 Å². The monoisotopic (exact) mass is 510 g/mol. The largest absolute Gasteiger partial charge is 0.493 e. The van der Waals surface area contributed by atoms with Crippen LogP contribution in [0, 0.1) is 0 Å². The van der Waals surface area contributed by atoms with Gasteiger partial charge in [0.25, 0.3) is 5.91 Å². The predicted octanol–water partition coefficient (Wildman–Crippen LogP) is 2.11. The minimum Gasteiger partial charge on any atom is -0.493 e. The lowest BCUT2D eigenvalue weighted by Crippen LogP contribution is -2.45. The number of nitrogens with one attached hydrogen (secondary N) is 3. The van der Waals surface area contributed by atoms with Crippen LogP contribution >= 0.6 is 0 Å². The normalized spacial score (nSPS) is 15.0. The first-order valence-electron chi connectivity index (χ1n) is 11.1. The van der Waals surface area contributed by atoms with Gasteiger partial charge in [-0.15, -0.1) is 0 Å². The van der Waals surface area contributed by atoms with E-state index in [1.54, 1.807) is 44.2 Å². The van der Waals surface area contributed by atoms with E-state index in [0.29, 0.717) is 16.8 Å². The molecule has 1 atom stereocenters. The van der Waals surface area contributed by atoms with E-state index >= 15 is 0 Å². The Kier molecular flexibility index (Phi) is 8.81. The van der Waals surface area contributed by atoms with E-state index < -0.39 is 29.9 Å². The van der Waals surface area contributed by atoms with Gasteiger partial charge < -0.3 is 30.0 Å². The molecule has 3 rings (SSSR count). The van der Waals surface area contributed by atoms with E-state index in [0.717, 1.165) is 0 Å². The smallest absolute Gasteiger partial charge is 0.338 e. The zero-order valence-corrected chi connectivity index (χ0v) is 20.4. The Hall–Kier alpha value is -4.87. The molecule has 12 nitrogen and oxygen atoms in total. The minimum absolute atomic E-state index is 0.139. The molecule has 0 bridgehead atoms. The first-order chi connectivity index (χ1) is 17.7. The molecule has 1 aliphatic rings. The second kappa shape index (κ2) is 12.2. The Morgan fingerprint density at radius 1 is 1.14 bits per heavy atom. The van der Waals surface area contributed by atoms with Gasteiger partial charge in [-0.25, -0.2) is 19.8 Å². The Morgan fingerprint density at radius 3 is 2.51 bits per heavy atom. The van der Waals surface area contributed by atoms with Crippen molar-refractivity contribution in [3.05, 3.63) is 70.4 Å². The molecular formula is C25H26N4O8. The van der Waals surface area contributed by atoms with Crippen molar-refractivity contribution in [3.63, 3.8) is 0 Å². The number of hydrazone groups is 1. The number of nitrogens with zero attached hydrogens (tertiary/aromatic N) is 1. The predicted molar refractivity (Wildman–Crippen MR) is 131 cm³/mol. The third-order valence-electron chi connectivity index (χ3n) is 5.20. The van der Waals surface area contributed by atoms with Crippen molar-refractivity contribution in [1.29, 1.82) is 0 Å². The number of urea groups is 1. The van der Waals surface area contributed by atoms with Gasteiger partial charge in [0.05, 0.1) is 37.1 Å². The number of ether oxygens (including phenoxy) is 3. The van der Waals surface area contributed by atoms with Crippen molar-refractivity contribution in [3.8, 4) is 11.5 Å². The third kappa shape index (κ3) is 6.84. The fourth-order valence-electron chi connectivity index (χ4n) is 3.47. The van der Waals surface area contributed by atoms with E-state index in [2.05, 4.69) is 21.2 Å². The van der Waals surface area contributed by atoms with Gasteiger partial charge in [0.1, 0.15) is 0 Å². The summed E-state index contributed by atoms with van der Waals surface area (Å²) in [6, 6.07) is 9.49. The van der Waals surface area contributed by atoms with Crippen molar-refractivity contribution in [2.75, 3.05) is 20.3 Å². The van der Waals surface area contributed by atoms with Gasteiger partial charge in [-0.05, 0) is 49.2 Å². The summed E-state index contributed by atoms with van der Waals surface area (Å²) in [5, 5.41) is 18.0. The molecule has 0 fully saturated rings. The van der Waals surface area contributed by atoms with Crippen molar-refractivity contribution in [1.82, 2.24) is 16.1 Å². The molecule has 0 saturated heterocycles. The van der Waals surface area contributed by atoms with Crippen LogP contribution in [-0.2, 0) is 14.3 Å². The molecule has 1 aliphatic heterocycles. The molecule has 0 spiro atoms. The van der Waals surface area contributed by atoms with Crippen LogP contribution in [-0.4, -0.2) is 55.5 Å². The second-order valence-corrected chi connectivity index (χ2v) is 7.71. The lowest BCUT2D eigenvalue weighted by atomic mass is 9.95. The van der Waals surface area contributed by atoms with Crippen LogP contribution in [0.5, 0.6) is 11.5 Å². The molecule has 0 saturated carbocycles. The Morgan fingerprint density at radius 2 is 1.86 bits per heavy atom. The third-order valence-corrected chi connectivity index (χ3v) is 5.20. The first-order valence-corrected chi connectivity index (χ1v) is 11.1. The molecule has 1 heterocycles. The fraction of sp³-hybridized carbons (Fsp3) is 0.240. The highest BCUT2D eigenvalue weighted by Crippen LogP contribution is 2.34. The van der Waals surface area contributed by atoms with Gasteiger partial charge in [-0.1, -0.05) is 18.2 Å². The molecule has 0 aliphatic carbocycles. The molecule has 37 heavy (non-hydrogen) atoms. The second-order valence-electron chi connectivity index (χ2n) is 7.71. The van der Waals surface area contributed by atoms with Crippen LogP contribution < -0.4 is 25.5 Å².